The van der Waals surface area contributed by atoms with Crippen molar-refractivity contribution in [3.05, 3.63) is 100 Å². The summed E-state index contributed by atoms with van der Waals surface area (Å²) in [5, 5.41) is 11.4. The summed E-state index contributed by atoms with van der Waals surface area (Å²) in [6.07, 6.45) is 0.834. The van der Waals surface area contributed by atoms with Crippen LogP contribution in [-0.2, 0) is 20.7 Å². The van der Waals surface area contributed by atoms with Gasteiger partial charge in [-0.2, -0.15) is 0 Å². The highest BCUT2D eigenvalue weighted by molar-refractivity contribution is 6.51. The number of carbonyl (C=O) groups is 3. The average Bonchev–Trinajstić information content (AvgIpc) is 3.17. The molecule has 1 aliphatic heterocycles. The van der Waals surface area contributed by atoms with Gasteiger partial charge in [-0.25, -0.2) is 4.79 Å². The van der Waals surface area contributed by atoms with Gasteiger partial charge in [0, 0.05) is 11.3 Å². The Morgan fingerprint density at radius 2 is 1.64 bits per heavy atom. The van der Waals surface area contributed by atoms with Crippen LogP contribution in [0.2, 0.25) is 0 Å². The van der Waals surface area contributed by atoms with E-state index in [4.69, 9.17) is 9.47 Å². The number of aryl methyl sites for hydroxylation is 2. The van der Waals surface area contributed by atoms with Crippen molar-refractivity contribution in [1.29, 1.82) is 0 Å². The van der Waals surface area contributed by atoms with Crippen molar-refractivity contribution in [2.45, 2.75) is 26.3 Å². The molecule has 0 spiro atoms. The zero-order valence-corrected chi connectivity index (χ0v) is 20.6. The molecule has 0 aliphatic carbocycles. The number of hydrogen-bond donors (Lipinski definition) is 1. The molecule has 0 radical (unpaired) electrons. The lowest BCUT2D eigenvalue weighted by molar-refractivity contribution is -0.132. The zero-order chi connectivity index (χ0) is 26.0. The number of esters is 1. The molecule has 1 heterocycles. The fourth-order valence-corrected chi connectivity index (χ4v) is 4.40. The van der Waals surface area contributed by atoms with Crippen LogP contribution in [-0.4, -0.2) is 37.0 Å². The fourth-order valence-electron chi connectivity index (χ4n) is 4.40. The van der Waals surface area contributed by atoms with Crippen LogP contribution >= 0.6 is 0 Å². The Balaban J connectivity index is 1.90. The number of ketones is 1. The number of nitrogens with zero attached hydrogens (tertiary/aromatic N) is 1. The highest BCUT2D eigenvalue weighted by Gasteiger charge is 2.47. The van der Waals surface area contributed by atoms with Crippen molar-refractivity contribution in [2.24, 2.45) is 0 Å². The molecule has 0 saturated carbocycles. The predicted molar refractivity (Wildman–Crippen MR) is 136 cm³/mol. The van der Waals surface area contributed by atoms with E-state index in [9.17, 15) is 19.5 Å². The molecule has 0 bridgehead atoms. The second-order valence-electron chi connectivity index (χ2n) is 8.48. The Kier molecular flexibility index (Phi) is 6.92. The number of rotatable bonds is 6. The molecule has 4 rings (SSSR count). The van der Waals surface area contributed by atoms with Crippen LogP contribution in [0, 0.1) is 6.92 Å². The molecular weight excluding hydrogens is 458 g/mol. The van der Waals surface area contributed by atoms with Gasteiger partial charge in [0.2, 0.25) is 0 Å². The van der Waals surface area contributed by atoms with Crippen LogP contribution in [0.15, 0.2) is 72.3 Å². The number of aliphatic hydroxyl groups excluding tert-OH is 1. The Morgan fingerprint density at radius 3 is 2.19 bits per heavy atom. The van der Waals surface area contributed by atoms with E-state index < -0.39 is 23.7 Å². The number of anilines is 1. The molecule has 1 N–H and O–H groups in total. The smallest absolute Gasteiger partial charge is 0.337 e. The molecule has 3 aromatic carbocycles. The first-order chi connectivity index (χ1) is 17.3. The predicted octanol–water partition coefficient (Wildman–Crippen LogP) is 4.98. The third kappa shape index (κ3) is 4.35. The summed E-state index contributed by atoms with van der Waals surface area (Å²) in [6.45, 7) is 3.83. The molecule has 7 nitrogen and oxygen atoms in total. The van der Waals surface area contributed by atoms with Crippen LogP contribution in [0.5, 0.6) is 5.75 Å². The highest BCUT2D eigenvalue weighted by Crippen LogP contribution is 2.42. The lowest BCUT2D eigenvalue weighted by Gasteiger charge is -2.26. The van der Waals surface area contributed by atoms with Crippen LogP contribution in [0.4, 0.5) is 5.69 Å². The van der Waals surface area contributed by atoms with E-state index in [1.165, 1.54) is 24.1 Å². The van der Waals surface area contributed by atoms with Gasteiger partial charge in [-0.3, -0.25) is 14.5 Å². The molecule has 184 valence electrons. The number of carbonyl (C=O) groups excluding carboxylic acids is 3. The first-order valence-electron chi connectivity index (χ1n) is 11.5. The second-order valence-corrected chi connectivity index (χ2v) is 8.48. The molecular formula is C29H27NO6. The van der Waals surface area contributed by atoms with Crippen molar-refractivity contribution in [2.75, 3.05) is 19.1 Å². The van der Waals surface area contributed by atoms with E-state index in [2.05, 4.69) is 0 Å². The molecule has 3 aromatic rings. The van der Waals surface area contributed by atoms with Gasteiger partial charge >= 0.3 is 5.97 Å². The van der Waals surface area contributed by atoms with Crippen molar-refractivity contribution < 1.29 is 29.0 Å². The summed E-state index contributed by atoms with van der Waals surface area (Å²) in [6, 6.07) is 18.1. The van der Waals surface area contributed by atoms with Gasteiger partial charge in [0.1, 0.15) is 11.5 Å². The van der Waals surface area contributed by atoms with Gasteiger partial charge in [0.25, 0.3) is 11.7 Å². The van der Waals surface area contributed by atoms with E-state index in [1.807, 2.05) is 31.2 Å². The van der Waals surface area contributed by atoms with Crippen LogP contribution in [0.25, 0.3) is 5.76 Å². The van der Waals surface area contributed by atoms with Crippen LogP contribution < -0.4 is 9.64 Å². The molecule has 1 amide bonds. The number of methoxy groups -OCH3 is 2. The number of hydrogen-bond acceptors (Lipinski definition) is 6. The average molecular weight is 486 g/mol. The van der Waals surface area contributed by atoms with Crippen molar-refractivity contribution in [1.82, 2.24) is 0 Å². The fraction of sp³-hybridized carbons (Fsp3) is 0.207. The van der Waals surface area contributed by atoms with E-state index in [0.717, 1.165) is 12.0 Å². The number of Topliss-reactive ketones (excluding diaryl/α,β-unsaturated/α-hetero) is 1. The monoisotopic (exact) mass is 485 g/mol. The molecule has 7 heteroatoms. The summed E-state index contributed by atoms with van der Waals surface area (Å²) < 4.78 is 10.0. The first kappa shape index (κ1) is 24.7. The maximum atomic E-state index is 13.4. The molecule has 0 aromatic heterocycles. The highest BCUT2D eigenvalue weighted by atomic mass is 16.5. The summed E-state index contributed by atoms with van der Waals surface area (Å²) in [4.78, 5) is 39.9. The van der Waals surface area contributed by atoms with E-state index >= 15 is 0 Å². The minimum atomic E-state index is -0.860. The lowest BCUT2D eigenvalue weighted by Crippen LogP contribution is -2.29. The summed E-state index contributed by atoms with van der Waals surface area (Å²) >= 11 is 0. The summed E-state index contributed by atoms with van der Waals surface area (Å²) in [5.41, 5.74) is 3.63. The van der Waals surface area contributed by atoms with Crippen molar-refractivity contribution in [3.63, 3.8) is 0 Å². The quantitative estimate of drug-likeness (QED) is 0.229. The van der Waals surface area contributed by atoms with Crippen molar-refractivity contribution >= 4 is 29.1 Å². The number of aliphatic hydroxyl groups is 1. The van der Waals surface area contributed by atoms with Gasteiger partial charge in [0.15, 0.2) is 0 Å². The van der Waals surface area contributed by atoms with Gasteiger partial charge in [-0.05, 0) is 72.5 Å². The Hall–Kier alpha value is -4.39. The SMILES string of the molecule is CCc1ccc(C2/C(=C(/O)c3ccc(OC)cc3C)C(=O)C(=O)N2c2ccc(C(=O)OC)cc2)cc1. The van der Waals surface area contributed by atoms with Crippen LogP contribution in [0.1, 0.15) is 45.6 Å². The first-order valence-corrected chi connectivity index (χ1v) is 11.5. The largest absolute Gasteiger partial charge is 0.507 e. The van der Waals surface area contributed by atoms with E-state index in [0.29, 0.717) is 33.7 Å². The van der Waals surface area contributed by atoms with Gasteiger partial charge < -0.3 is 14.6 Å². The molecule has 1 atom stereocenters. The van der Waals surface area contributed by atoms with Gasteiger partial charge in [-0.15, -0.1) is 0 Å². The normalized spacial score (nSPS) is 16.8. The topological polar surface area (TPSA) is 93.1 Å². The minimum Gasteiger partial charge on any atom is -0.507 e. The number of amides is 1. The van der Waals surface area contributed by atoms with Gasteiger partial charge in [0.05, 0.1) is 31.4 Å². The molecule has 1 aliphatic rings. The van der Waals surface area contributed by atoms with Crippen molar-refractivity contribution in [3.8, 4) is 5.75 Å². The standard InChI is InChI=1S/C29H27NO6/c1-5-18-6-8-19(9-7-18)25-24(26(31)23-15-14-22(35-3)16-17(23)2)27(32)28(33)30(25)21-12-10-20(11-13-21)29(34)36-4/h6-16,25,31H,5H2,1-4H3/b26-24-. The van der Waals surface area contributed by atoms with E-state index in [1.54, 1.807) is 44.4 Å². The molecule has 36 heavy (non-hydrogen) atoms. The number of ether oxygens (including phenoxy) is 2. The summed E-state index contributed by atoms with van der Waals surface area (Å²) in [5.74, 6) is -1.71. The lowest BCUT2D eigenvalue weighted by atomic mass is 9.93. The summed E-state index contributed by atoms with van der Waals surface area (Å²) in [7, 11) is 2.83. The Bertz CT molecular complexity index is 1360. The second kappa shape index (κ2) is 10.1. The molecule has 1 saturated heterocycles. The Labute approximate surface area is 209 Å². The molecule has 1 unspecified atom stereocenters. The van der Waals surface area contributed by atoms with Crippen LogP contribution in [0.3, 0.4) is 0 Å². The minimum absolute atomic E-state index is 0.00504. The molecule has 1 fully saturated rings. The van der Waals surface area contributed by atoms with E-state index in [-0.39, 0.29) is 11.3 Å². The van der Waals surface area contributed by atoms with Gasteiger partial charge in [-0.1, -0.05) is 31.2 Å². The maximum Gasteiger partial charge on any atom is 0.337 e. The number of benzene rings is 3. The third-order valence-corrected chi connectivity index (χ3v) is 6.40. The third-order valence-electron chi connectivity index (χ3n) is 6.40. The Morgan fingerprint density at radius 1 is 0.972 bits per heavy atom. The zero-order valence-electron chi connectivity index (χ0n) is 20.6. The maximum absolute atomic E-state index is 13.4.